The van der Waals surface area contributed by atoms with Gasteiger partial charge in [0.1, 0.15) is 6.61 Å². The predicted octanol–water partition coefficient (Wildman–Crippen LogP) is 4.30. The number of amides is 1. The number of benzene rings is 2. The van der Waals surface area contributed by atoms with Gasteiger partial charge in [0.15, 0.2) is 23.0 Å². The molecule has 0 heterocycles. The van der Waals surface area contributed by atoms with Crippen LogP contribution in [-0.4, -0.2) is 46.6 Å². The Hall–Kier alpha value is -2.93. The van der Waals surface area contributed by atoms with Gasteiger partial charge in [0.2, 0.25) is 0 Å². The molecule has 3 rings (SSSR count). The summed E-state index contributed by atoms with van der Waals surface area (Å²) in [4.78, 5) is 12.8. The third-order valence-corrected chi connectivity index (χ3v) is 4.99. The Morgan fingerprint density at radius 2 is 1.63 bits per heavy atom. The summed E-state index contributed by atoms with van der Waals surface area (Å²) in [6.45, 7) is 0.832. The number of ether oxygens (including phenoxy) is 5. The first-order valence-corrected chi connectivity index (χ1v) is 10.1. The molecule has 0 bridgehead atoms. The molecule has 162 valence electrons. The number of carbonyl (C=O) groups is 1. The third kappa shape index (κ3) is 5.57. The van der Waals surface area contributed by atoms with Gasteiger partial charge in [0, 0.05) is 24.4 Å². The largest absolute Gasteiger partial charge is 0.493 e. The van der Waals surface area contributed by atoms with Crippen LogP contribution in [0.2, 0.25) is 0 Å². The molecule has 2 aromatic rings. The molecule has 1 aliphatic carbocycles. The Labute approximate surface area is 177 Å². The van der Waals surface area contributed by atoms with Crippen LogP contribution >= 0.6 is 0 Å². The van der Waals surface area contributed by atoms with Gasteiger partial charge in [0.05, 0.1) is 26.9 Å². The Bertz CT molecular complexity index is 848. The molecule has 30 heavy (non-hydrogen) atoms. The van der Waals surface area contributed by atoms with Crippen molar-refractivity contribution < 1.29 is 28.5 Å². The minimum Gasteiger partial charge on any atom is -0.493 e. The molecule has 0 spiro atoms. The number of nitrogens with one attached hydrogen (secondary N) is 1. The first kappa shape index (κ1) is 21.8. The zero-order valence-corrected chi connectivity index (χ0v) is 17.7. The molecule has 0 unspecified atom stereocenters. The smallest absolute Gasteiger partial charge is 0.255 e. The zero-order valence-electron chi connectivity index (χ0n) is 17.7. The lowest BCUT2D eigenvalue weighted by atomic mass is 10.1. The van der Waals surface area contributed by atoms with Crippen LogP contribution in [0.15, 0.2) is 36.4 Å². The molecule has 1 aliphatic rings. The Kier molecular flexibility index (Phi) is 7.79. The highest BCUT2D eigenvalue weighted by molar-refractivity contribution is 6.04. The van der Waals surface area contributed by atoms with Crippen molar-refractivity contribution in [2.24, 2.45) is 0 Å². The van der Waals surface area contributed by atoms with Crippen molar-refractivity contribution in [2.45, 2.75) is 31.8 Å². The molecule has 1 N–H and O–H groups in total. The molecule has 2 aromatic carbocycles. The zero-order chi connectivity index (χ0) is 21.3. The second-order valence-corrected chi connectivity index (χ2v) is 7.05. The van der Waals surface area contributed by atoms with E-state index in [-0.39, 0.29) is 12.0 Å². The van der Waals surface area contributed by atoms with Crippen LogP contribution in [-0.2, 0) is 4.74 Å². The van der Waals surface area contributed by atoms with Crippen LogP contribution < -0.4 is 24.3 Å². The van der Waals surface area contributed by atoms with Crippen LogP contribution in [0.5, 0.6) is 23.0 Å². The van der Waals surface area contributed by atoms with Gasteiger partial charge < -0.3 is 29.0 Å². The molecule has 1 saturated carbocycles. The van der Waals surface area contributed by atoms with Crippen molar-refractivity contribution in [1.29, 1.82) is 0 Å². The molecule has 0 radical (unpaired) electrons. The van der Waals surface area contributed by atoms with Crippen molar-refractivity contribution in [3.8, 4) is 23.0 Å². The highest BCUT2D eigenvalue weighted by atomic mass is 16.5. The lowest BCUT2D eigenvalue weighted by molar-refractivity contribution is 0.102. The normalized spacial score (nSPS) is 13.7. The minimum atomic E-state index is -0.256. The molecule has 1 fully saturated rings. The van der Waals surface area contributed by atoms with Crippen LogP contribution in [0.1, 0.15) is 36.0 Å². The molecule has 1 amide bonds. The van der Waals surface area contributed by atoms with E-state index in [9.17, 15) is 4.79 Å². The maximum atomic E-state index is 12.8. The average molecular weight is 415 g/mol. The summed E-state index contributed by atoms with van der Waals surface area (Å²) in [5.74, 6) is 2.07. The third-order valence-electron chi connectivity index (χ3n) is 4.99. The van der Waals surface area contributed by atoms with E-state index in [0.717, 1.165) is 12.8 Å². The van der Waals surface area contributed by atoms with E-state index in [4.69, 9.17) is 23.7 Å². The average Bonchev–Trinajstić information content (AvgIpc) is 3.27. The van der Waals surface area contributed by atoms with Crippen molar-refractivity contribution in [3.05, 3.63) is 42.0 Å². The Balaban J connectivity index is 1.71. The number of hydrogen-bond acceptors (Lipinski definition) is 6. The van der Waals surface area contributed by atoms with E-state index in [1.807, 2.05) is 0 Å². The monoisotopic (exact) mass is 415 g/mol. The molecule has 7 heteroatoms. The van der Waals surface area contributed by atoms with Gasteiger partial charge in [-0.1, -0.05) is 0 Å². The van der Waals surface area contributed by atoms with E-state index < -0.39 is 0 Å². The van der Waals surface area contributed by atoms with E-state index in [0.29, 0.717) is 47.5 Å². The molecule has 0 saturated heterocycles. The van der Waals surface area contributed by atoms with Gasteiger partial charge >= 0.3 is 0 Å². The molecule has 7 nitrogen and oxygen atoms in total. The van der Waals surface area contributed by atoms with Gasteiger partial charge in [-0.15, -0.1) is 0 Å². The molecule has 0 aliphatic heterocycles. The standard InChI is InChI=1S/C23H29NO6/c1-26-12-13-29-22-15-17(9-11-19(22)27-2)24-23(25)16-8-10-20(21(14-16)28-3)30-18-6-4-5-7-18/h8-11,14-15,18H,4-7,12-13H2,1-3H3,(H,24,25). The first-order chi connectivity index (χ1) is 14.6. The molecule has 0 aromatic heterocycles. The van der Waals surface area contributed by atoms with Crippen molar-refractivity contribution >= 4 is 11.6 Å². The predicted molar refractivity (Wildman–Crippen MR) is 114 cm³/mol. The summed E-state index contributed by atoms with van der Waals surface area (Å²) in [5.41, 5.74) is 1.07. The second kappa shape index (κ2) is 10.7. The summed E-state index contributed by atoms with van der Waals surface area (Å²) >= 11 is 0. The van der Waals surface area contributed by atoms with Crippen LogP contribution in [0.3, 0.4) is 0 Å². The van der Waals surface area contributed by atoms with Gasteiger partial charge in [-0.3, -0.25) is 4.79 Å². The number of rotatable bonds is 10. The summed E-state index contributed by atoms with van der Waals surface area (Å²) in [5, 5.41) is 2.88. The van der Waals surface area contributed by atoms with Crippen molar-refractivity contribution in [3.63, 3.8) is 0 Å². The molecule has 0 atom stereocenters. The highest BCUT2D eigenvalue weighted by Gasteiger charge is 2.19. The van der Waals surface area contributed by atoms with E-state index in [2.05, 4.69) is 5.32 Å². The summed E-state index contributed by atoms with van der Waals surface area (Å²) in [7, 11) is 4.75. The lowest BCUT2D eigenvalue weighted by Crippen LogP contribution is -2.14. The van der Waals surface area contributed by atoms with Gasteiger partial charge in [0.25, 0.3) is 5.91 Å². The minimum absolute atomic E-state index is 0.217. The van der Waals surface area contributed by atoms with Gasteiger partial charge in [-0.05, 0) is 56.0 Å². The van der Waals surface area contributed by atoms with E-state index >= 15 is 0 Å². The number of anilines is 1. The fraction of sp³-hybridized carbons (Fsp3) is 0.435. The van der Waals surface area contributed by atoms with E-state index in [1.165, 1.54) is 12.8 Å². The topological polar surface area (TPSA) is 75.3 Å². The Morgan fingerprint density at radius 1 is 0.900 bits per heavy atom. The first-order valence-electron chi connectivity index (χ1n) is 10.1. The maximum Gasteiger partial charge on any atom is 0.255 e. The van der Waals surface area contributed by atoms with Crippen LogP contribution in [0, 0.1) is 0 Å². The van der Waals surface area contributed by atoms with Crippen LogP contribution in [0.4, 0.5) is 5.69 Å². The number of carbonyl (C=O) groups excluding carboxylic acids is 1. The number of hydrogen-bond donors (Lipinski definition) is 1. The maximum absolute atomic E-state index is 12.8. The van der Waals surface area contributed by atoms with Crippen molar-refractivity contribution in [2.75, 3.05) is 39.9 Å². The lowest BCUT2D eigenvalue weighted by Gasteiger charge is -2.17. The van der Waals surface area contributed by atoms with Gasteiger partial charge in [-0.2, -0.15) is 0 Å². The molecular formula is C23H29NO6. The highest BCUT2D eigenvalue weighted by Crippen LogP contribution is 2.33. The van der Waals surface area contributed by atoms with Gasteiger partial charge in [-0.25, -0.2) is 0 Å². The fourth-order valence-electron chi connectivity index (χ4n) is 3.40. The SMILES string of the molecule is COCCOc1cc(NC(=O)c2ccc(OC3CCCC3)c(OC)c2)ccc1OC. The summed E-state index contributed by atoms with van der Waals surface area (Å²) in [6, 6.07) is 10.5. The van der Waals surface area contributed by atoms with E-state index in [1.54, 1.807) is 57.7 Å². The van der Waals surface area contributed by atoms with Crippen molar-refractivity contribution in [1.82, 2.24) is 0 Å². The fourth-order valence-corrected chi connectivity index (χ4v) is 3.40. The quantitative estimate of drug-likeness (QED) is 0.583. The summed E-state index contributed by atoms with van der Waals surface area (Å²) in [6.07, 6.45) is 4.70. The molecular weight excluding hydrogens is 386 g/mol. The Morgan fingerprint density at radius 3 is 2.33 bits per heavy atom. The summed E-state index contributed by atoms with van der Waals surface area (Å²) < 4.78 is 27.5. The van der Waals surface area contributed by atoms with Crippen LogP contribution in [0.25, 0.3) is 0 Å². The second-order valence-electron chi connectivity index (χ2n) is 7.05. The number of methoxy groups -OCH3 is 3.